The van der Waals surface area contributed by atoms with E-state index in [4.69, 9.17) is 0 Å². The maximum absolute atomic E-state index is 12.6. The van der Waals surface area contributed by atoms with Gasteiger partial charge >= 0.3 is 0 Å². The Morgan fingerprint density at radius 3 is 2.43 bits per heavy atom. The molecule has 0 spiro atoms. The monoisotopic (exact) mass is 330 g/mol. The molecule has 1 aromatic heterocycles. The fraction of sp³-hybridized carbons (Fsp3) is 0.333. The molecule has 1 heterocycles. The van der Waals surface area contributed by atoms with Gasteiger partial charge in [0, 0.05) is 17.0 Å². The van der Waals surface area contributed by atoms with E-state index in [1.165, 1.54) is 0 Å². The summed E-state index contributed by atoms with van der Waals surface area (Å²) in [7, 11) is 0. The predicted molar refractivity (Wildman–Crippen MR) is 93.7 cm³/mol. The largest absolute Gasteiger partial charge is 0.350 e. The number of carbonyl (C=O) groups excluding carboxylic acids is 2. The molecular weight excluding hydrogens is 308 g/mol. The van der Waals surface area contributed by atoms with E-state index in [0.29, 0.717) is 18.7 Å². The summed E-state index contributed by atoms with van der Waals surface area (Å²) in [4.78, 5) is 27.3. The third-order valence-corrected chi connectivity index (χ3v) is 4.39. The van der Waals surface area contributed by atoms with E-state index in [1.54, 1.807) is 16.2 Å². The van der Waals surface area contributed by atoms with Crippen molar-refractivity contribution in [1.29, 1.82) is 0 Å². The maximum atomic E-state index is 12.6. The minimum Gasteiger partial charge on any atom is -0.350 e. The molecule has 23 heavy (non-hydrogen) atoms. The second-order valence-electron chi connectivity index (χ2n) is 5.55. The first-order valence-corrected chi connectivity index (χ1v) is 8.54. The Kier molecular flexibility index (Phi) is 5.93. The number of likely N-dealkylation sites (N-methyl/N-ethyl adjacent to an activating group) is 1. The topological polar surface area (TPSA) is 49.4 Å². The highest BCUT2D eigenvalue weighted by Crippen LogP contribution is 2.12. The van der Waals surface area contributed by atoms with E-state index in [9.17, 15) is 9.59 Å². The van der Waals surface area contributed by atoms with E-state index < -0.39 is 0 Å². The van der Waals surface area contributed by atoms with Crippen LogP contribution in [0.4, 0.5) is 0 Å². The Labute approximate surface area is 141 Å². The summed E-state index contributed by atoms with van der Waals surface area (Å²) in [6, 6.07) is 9.68. The van der Waals surface area contributed by atoms with Crippen LogP contribution in [0.3, 0.4) is 0 Å². The van der Waals surface area contributed by atoms with Gasteiger partial charge in [0.25, 0.3) is 5.91 Å². The summed E-state index contributed by atoms with van der Waals surface area (Å²) < 4.78 is 0. The van der Waals surface area contributed by atoms with Gasteiger partial charge in [-0.25, -0.2) is 0 Å². The molecule has 2 amide bonds. The van der Waals surface area contributed by atoms with Crippen molar-refractivity contribution in [3.63, 3.8) is 0 Å². The van der Waals surface area contributed by atoms with Gasteiger partial charge in [0.2, 0.25) is 5.91 Å². The third-order valence-electron chi connectivity index (χ3n) is 3.51. The van der Waals surface area contributed by atoms with Gasteiger partial charge in [-0.15, -0.1) is 11.3 Å². The predicted octanol–water partition coefficient (Wildman–Crippen LogP) is 3.14. The van der Waals surface area contributed by atoms with Crippen molar-refractivity contribution in [1.82, 2.24) is 10.2 Å². The average Bonchev–Trinajstić information content (AvgIpc) is 3.02. The highest BCUT2D eigenvalue weighted by atomic mass is 32.1. The van der Waals surface area contributed by atoms with Gasteiger partial charge in [0.1, 0.15) is 0 Å². The molecule has 0 bridgehead atoms. The fourth-order valence-electron chi connectivity index (χ4n) is 2.44. The molecule has 0 unspecified atom stereocenters. The number of amides is 2. The van der Waals surface area contributed by atoms with E-state index in [2.05, 4.69) is 5.32 Å². The summed E-state index contributed by atoms with van der Waals surface area (Å²) in [5, 5.41) is 4.83. The van der Waals surface area contributed by atoms with Gasteiger partial charge in [-0.05, 0) is 44.4 Å². The van der Waals surface area contributed by atoms with E-state index in [-0.39, 0.29) is 18.4 Å². The van der Waals surface area contributed by atoms with Crippen LogP contribution in [0.1, 0.15) is 33.3 Å². The zero-order valence-corrected chi connectivity index (χ0v) is 14.6. The maximum Gasteiger partial charge on any atom is 0.254 e. The molecule has 1 aromatic carbocycles. The Morgan fingerprint density at radius 1 is 1.17 bits per heavy atom. The number of nitrogens with one attached hydrogen (secondary N) is 1. The average molecular weight is 330 g/mol. The Bertz CT molecular complexity index is 660. The third kappa shape index (κ3) is 4.93. The summed E-state index contributed by atoms with van der Waals surface area (Å²) in [6.07, 6.45) is 0. The fourth-order valence-corrected chi connectivity index (χ4v) is 3.08. The van der Waals surface area contributed by atoms with Crippen LogP contribution in [-0.4, -0.2) is 29.8 Å². The molecule has 4 nitrogen and oxygen atoms in total. The van der Waals surface area contributed by atoms with Gasteiger partial charge in [-0.2, -0.15) is 0 Å². The molecule has 5 heteroatoms. The molecule has 0 aliphatic carbocycles. The number of aryl methyl sites for hydroxylation is 2. The Balaban J connectivity index is 1.98. The van der Waals surface area contributed by atoms with Crippen LogP contribution in [0.25, 0.3) is 0 Å². The first-order valence-electron chi connectivity index (χ1n) is 7.66. The van der Waals surface area contributed by atoms with Crippen molar-refractivity contribution in [2.75, 3.05) is 13.1 Å². The van der Waals surface area contributed by atoms with Crippen LogP contribution in [0.15, 0.2) is 35.7 Å². The normalized spacial score (nSPS) is 10.4. The standard InChI is InChI=1S/C18H22N2O2S/c1-4-20(12-17(21)19-11-16-6-5-7-23-16)18(22)15-9-13(2)8-14(3)10-15/h5-10H,4,11-12H2,1-3H3,(H,19,21). The van der Waals surface area contributed by atoms with E-state index in [1.807, 2.05) is 56.5 Å². The van der Waals surface area contributed by atoms with Crippen LogP contribution in [0.5, 0.6) is 0 Å². The molecule has 0 radical (unpaired) electrons. The van der Waals surface area contributed by atoms with Gasteiger partial charge < -0.3 is 10.2 Å². The second-order valence-corrected chi connectivity index (χ2v) is 6.58. The zero-order chi connectivity index (χ0) is 16.8. The van der Waals surface area contributed by atoms with Crippen molar-refractivity contribution >= 4 is 23.2 Å². The molecule has 0 aliphatic rings. The number of rotatable bonds is 6. The van der Waals surface area contributed by atoms with Crippen molar-refractivity contribution in [2.45, 2.75) is 27.3 Å². The first kappa shape index (κ1) is 17.2. The SMILES string of the molecule is CCN(CC(=O)NCc1cccs1)C(=O)c1cc(C)cc(C)c1. The van der Waals surface area contributed by atoms with Gasteiger partial charge in [0.15, 0.2) is 0 Å². The zero-order valence-electron chi connectivity index (χ0n) is 13.8. The lowest BCUT2D eigenvalue weighted by Crippen LogP contribution is -2.40. The van der Waals surface area contributed by atoms with Crippen molar-refractivity contribution in [3.8, 4) is 0 Å². The number of benzene rings is 1. The van der Waals surface area contributed by atoms with E-state index in [0.717, 1.165) is 16.0 Å². The van der Waals surface area contributed by atoms with Gasteiger partial charge in [0.05, 0.1) is 13.1 Å². The highest BCUT2D eigenvalue weighted by Gasteiger charge is 2.17. The number of hydrogen-bond donors (Lipinski definition) is 1. The van der Waals surface area contributed by atoms with Gasteiger partial charge in [-0.1, -0.05) is 23.3 Å². The molecule has 1 N–H and O–H groups in total. The van der Waals surface area contributed by atoms with Crippen molar-refractivity contribution in [3.05, 3.63) is 57.3 Å². The molecular formula is C18H22N2O2S. The quantitative estimate of drug-likeness (QED) is 0.884. The molecule has 0 saturated carbocycles. The van der Waals surface area contributed by atoms with Crippen LogP contribution in [0.2, 0.25) is 0 Å². The summed E-state index contributed by atoms with van der Waals surface area (Å²) in [5.74, 6) is -0.247. The lowest BCUT2D eigenvalue weighted by Gasteiger charge is -2.21. The lowest BCUT2D eigenvalue weighted by molar-refractivity contribution is -0.121. The van der Waals surface area contributed by atoms with Crippen LogP contribution < -0.4 is 5.32 Å². The smallest absolute Gasteiger partial charge is 0.254 e. The number of hydrogen-bond acceptors (Lipinski definition) is 3. The molecule has 2 aromatic rings. The van der Waals surface area contributed by atoms with Crippen molar-refractivity contribution < 1.29 is 9.59 Å². The first-order chi connectivity index (χ1) is 11.0. The minimum atomic E-state index is -0.141. The van der Waals surface area contributed by atoms with Crippen LogP contribution in [-0.2, 0) is 11.3 Å². The lowest BCUT2D eigenvalue weighted by atomic mass is 10.1. The van der Waals surface area contributed by atoms with Crippen molar-refractivity contribution in [2.24, 2.45) is 0 Å². The molecule has 0 aliphatic heterocycles. The molecule has 122 valence electrons. The second kappa shape index (κ2) is 7.92. The molecule has 0 atom stereocenters. The molecule has 2 rings (SSSR count). The molecule has 0 fully saturated rings. The highest BCUT2D eigenvalue weighted by molar-refractivity contribution is 7.09. The van der Waals surface area contributed by atoms with Crippen LogP contribution in [0, 0.1) is 13.8 Å². The van der Waals surface area contributed by atoms with Crippen LogP contribution >= 0.6 is 11.3 Å². The summed E-state index contributed by atoms with van der Waals surface area (Å²) in [6.45, 7) is 6.90. The number of nitrogens with zero attached hydrogens (tertiary/aromatic N) is 1. The Morgan fingerprint density at radius 2 is 1.87 bits per heavy atom. The number of carbonyl (C=O) groups is 2. The van der Waals surface area contributed by atoms with E-state index >= 15 is 0 Å². The molecule has 0 saturated heterocycles. The summed E-state index contributed by atoms with van der Waals surface area (Å²) >= 11 is 1.60. The Hall–Kier alpha value is -2.14. The summed E-state index contributed by atoms with van der Waals surface area (Å²) in [5.41, 5.74) is 2.73. The van der Waals surface area contributed by atoms with Gasteiger partial charge in [-0.3, -0.25) is 9.59 Å². The number of thiophene rings is 1. The minimum absolute atomic E-state index is 0.0771.